The Morgan fingerprint density at radius 1 is 1.13 bits per heavy atom. The number of hydrogen-bond acceptors (Lipinski definition) is 6. The lowest BCUT2D eigenvalue weighted by molar-refractivity contribution is -0.577. The Balaban J connectivity index is 1.37. The van der Waals surface area contributed by atoms with E-state index in [9.17, 15) is 4.79 Å². The molecule has 1 N–H and O–H groups in total. The number of carboxylic acid groups (broad SMARTS) is 1. The maximum atomic E-state index is 11.0. The maximum absolute atomic E-state index is 11.0. The molecule has 2 bridgehead atoms. The van der Waals surface area contributed by atoms with Gasteiger partial charge in [-0.05, 0) is 55.7 Å². The van der Waals surface area contributed by atoms with Crippen LogP contribution in [0.15, 0.2) is 24.3 Å². The van der Waals surface area contributed by atoms with Gasteiger partial charge in [0.05, 0.1) is 12.2 Å². The van der Waals surface area contributed by atoms with E-state index in [1.54, 1.807) is 24.3 Å². The van der Waals surface area contributed by atoms with E-state index in [1.165, 1.54) is 0 Å². The van der Waals surface area contributed by atoms with Gasteiger partial charge in [0, 0.05) is 18.3 Å². The summed E-state index contributed by atoms with van der Waals surface area (Å²) in [5, 5.41) is 9.06. The molecule has 1 spiro atoms. The van der Waals surface area contributed by atoms with Gasteiger partial charge in [0.25, 0.3) is 0 Å². The first-order valence-corrected chi connectivity index (χ1v) is 11.0. The highest BCUT2D eigenvalue weighted by atomic mass is 17.3. The number of benzene rings is 1. The quantitative estimate of drug-likeness (QED) is 0.737. The first-order valence-electron chi connectivity index (χ1n) is 11.0. The standard InChI is InChI=1S/C23H30O7/c1-13-4-9-18-14(2)20(26-12-15-5-7-16(8-6-15)19(24)25)27-21-23(18)17(13)10-11-22(3,28-21)29-30-23/h5-8,13-14,17-18,20-21H,4,9-12H2,1-3H3,(H,24,25)/t13-,14-,17?,18+,20?,21-,22-,23-/m1/s1. The molecule has 5 fully saturated rings. The molecule has 7 heteroatoms. The number of carboxylic acids is 1. The van der Waals surface area contributed by atoms with Crippen LogP contribution in [0.1, 0.15) is 62.4 Å². The summed E-state index contributed by atoms with van der Waals surface area (Å²) in [5.74, 6) is -0.539. The van der Waals surface area contributed by atoms with Crippen molar-refractivity contribution in [3.8, 4) is 0 Å². The Kier molecular flexibility index (Phi) is 4.95. The minimum Gasteiger partial charge on any atom is -0.478 e. The highest BCUT2D eigenvalue weighted by molar-refractivity contribution is 5.87. The van der Waals surface area contributed by atoms with Gasteiger partial charge in [-0.25, -0.2) is 14.6 Å². The largest absolute Gasteiger partial charge is 0.478 e. The van der Waals surface area contributed by atoms with Crippen molar-refractivity contribution in [1.29, 1.82) is 0 Å². The number of fused-ring (bicyclic) bond motifs is 2. The van der Waals surface area contributed by atoms with Crippen LogP contribution in [-0.2, 0) is 30.6 Å². The van der Waals surface area contributed by atoms with Crippen LogP contribution in [0.5, 0.6) is 0 Å². The van der Waals surface area contributed by atoms with Gasteiger partial charge >= 0.3 is 5.97 Å². The third-order valence-electron chi connectivity index (χ3n) is 7.71. The maximum Gasteiger partial charge on any atom is 0.335 e. The van der Waals surface area contributed by atoms with Gasteiger partial charge in [0.15, 0.2) is 18.2 Å². The zero-order valence-electron chi connectivity index (χ0n) is 17.7. The average Bonchev–Trinajstić information content (AvgIpc) is 2.96. The first-order chi connectivity index (χ1) is 14.3. The van der Waals surface area contributed by atoms with Crippen molar-refractivity contribution < 1.29 is 33.9 Å². The van der Waals surface area contributed by atoms with Gasteiger partial charge in [-0.2, -0.15) is 0 Å². The van der Waals surface area contributed by atoms with E-state index < -0.39 is 29.9 Å². The van der Waals surface area contributed by atoms with Gasteiger partial charge in [0.2, 0.25) is 5.79 Å². The predicted molar refractivity (Wildman–Crippen MR) is 105 cm³/mol. The fourth-order valence-electron chi connectivity index (χ4n) is 5.98. The van der Waals surface area contributed by atoms with Crippen molar-refractivity contribution in [3.05, 3.63) is 35.4 Å². The zero-order valence-corrected chi connectivity index (χ0v) is 17.7. The summed E-state index contributed by atoms with van der Waals surface area (Å²) < 4.78 is 18.9. The van der Waals surface area contributed by atoms with Crippen LogP contribution in [0.4, 0.5) is 0 Å². The summed E-state index contributed by atoms with van der Waals surface area (Å²) in [4.78, 5) is 23.0. The van der Waals surface area contributed by atoms with Crippen molar-refractivity contribution in [2.45, 2.75) is 77.0 Å². The molecule has 5 aliphatic rings. The molecule has 6 rings (SSSR count). The lowest BCUT2D eigenvalue weighted by Crippen LogP contribution is -2.70. The van der Waals surface area contributed by atoms with Crippen molar-refractivity contribution in [3.63, 3.8) is 0 Å². The fourth-order valence-corrected chi connectivity index (χ4v) is 5.98. The van der Waals surface area contributed by atoms with E-state index in [0.717, 1.165) is 31.2 Å². The Morgan fingerprint density at radius 2 is 1.90 bits per heavy atom. The zero-order chi connectivity index (χ0) is 21.1. The van der Waals surface area contributed by atoms with E-state index in [4.69, 9.17) is 29.1 Å². The van der Waals surface area contributed by atoms with Crippen molar-refractivity contribution in [2.75, 3.05) is 0 Å². The van der Waals surface area contributed by atoms with Gasteiger partial charge < -0.3 is 19.3 Å². The molecule has 2 unspecified atom stereocenters. The lowest BCUT2D eigenvalue weighted by Gasteiger charge is -2.60. The second-order valence-corrected chi connectivity index (χ2v) is 9.59. The monoisotopic (exact) mass is 418 g/mol. The highest BCUT2D eigenvalue weighted by Gasteiger charge is 2.69. The summed E-state index contributed by atoms with van der Waals surface area (Å²) in [6.07, 6.45) is 3.01. The number of rotatable bonds is 4. The Bertz CT molecular complexity index is 810. The van der Waals surface area contributed by atoms with Crippen molar-refractivity contribution in [1.82, 2.24) is 0 Å². The summed E-state index contributed by atoms with van der Waals surface area (Å²) >= 11 is 0. The van der Waals surface area contributed by atoms with Crippen molar-refractivity contribution in [2.24, 2.45) is 23.7 Å². The van der Waals surface area contributed by atoms with Crippen LogP contribution in [0.2, 0.25) is 0 Å². The highest BCUT2D eigenvalue weighted by Crippen LogP contribution is 2.60. The van der Waals surface area contributed by atoms with E-state index in [-0.39, 0.29) is 17.4 Å². The second-order valence-electron chi connectivity index (χ2n) is 9.59. The number of aromatic carboxylic acids is 1. The van der Waals surface area contributed by atoms with Crippen LogP contribution in [0, 0.1) is 23.7 Å². The van der Waals surface area contributed by atoms with Crippen LogP contribution in [-0.4, -0.2) is 35.0 Å². The molecule has 0 radical (unpaired) electrons. The summed E-state index contributed by atoms with van der Waals surface area (Å²) in [6, 6.07) is 6.74. The summed E-state index contributed by atoms with van der Waals surface area (Å²) in [5.41, 5.74) is 0.579. The van der Waals surface area contributed by atoms with E-state index in [2.05, 4.69) is 13.8 Å². The van der Waals surface area contributed by atoms with Crippen LogP contribution in [0.25, 0.3) is 0 Å². The van der Waals surface area contributed by atoms with Crippen LogP contribution < -0.4 is 0 Å². The van der Waals surface area contributed by atoms with Gasteiger partial charge in [0.1, 0.15) is 0 Å². The molecular weight excluding hydrogens is 388 g/mol. The number of ether oxygens (including phenoxy) is 3. The third kappa shape index (κ3) is 3.10. The minimum atomic E-state index is -0.936. The molecule has 30 heavy (non-hydrogen) atoms. The Hall–Kier alpha value is -1.51. The van der Waals surface area contributed by atoms with Crippen molar-refractivity contribution >= 4 is 5.97 Å². The first kappa shape index (κ1) is 20.4. The van der Waals surface area contributed by atoms with E-state index in [0.29, 0.717) is 18.4 Å². The molecule has 0 aromatic heterocycles. The summed E-state index contributed by atoms with van der Waals surface area (Å²) in [6.45, 7) is 6.71. The molecule has 0 amide bonds. The topological polar surface area (TPSA) is 83.5 Å². The van der Waals surface area contributed by atoms with Gasteiger partial charge in [-0.3, -0.25) is 0 Å². The molecule has 4 heterocycles. The molecule has 1 aliphatic carbocycles. The molecule has 7 nitrogen and oxygen atoms in total. The molecule has 164 valence electrons. The lowest BCUT2D eigenvalue weighted by atomic mass is 9.58. The van der Waals surface area contributed by atoms with E-state index in [1.807, 2.05) is 6.92 Å². The average molecular weight is 418 g/mol. The second kappa shape index (κ2) is 7.28. The smallest absolute Gasteiger partial charge is 0.335 e. The number of hydrogen-bond donors (Lipinski definition) is 1. The molecular formula is C23H30O7. The third-order valence-corrected chi connectivity index (χ3v) is 7.71. The number of carbonyl (C=O) groups is 1. The Labute approximate surface area is 176 Å². The normalized spacial score (nSPS) is 44.9. The molecule has 4 saturated heterocycles. The molecule has 1 saturated carbocycles. The molecule has 1 aromatic carbocycles. The van der Waals surface area contributed by atoms with Crippen LogP contribution in [0.3, 0.4) is 0 Å². The van der Waals surface area contributed by atoms with Gasteiger partial charge in [-0.15, -0.1) is 0 Å². The summed E-state index contributed by atoms with van der Waals surface area (Å²) in [7, 11) is 0. The molecule has 1 aromatic rings. The fraction of sp³-hybridized carbons (Fsp3) is 0.696. The SMILES string of the molecule is C[C@@H]1CC[C@H]2[C@@H](C)C(OCc3ccc(C(=O)O)cc3)O[C@@H]3O[C@@]4(C)CCC1[C@]32OO4. The predicted octanol–water partition coefficient (Wildman–Crippen LogP) is 4.11. The van der Waals surface area contributed by atoms with Gasteiger partial charge in [-0.1, -0.05) is 26.0 Å². The molecule has 8 atom stereocenters. The van der Waals surface area contributed by atoms with Crippen LogP contribution >= 0.6 is 0 Å². The molecule has 4 aliphatic heterocycles. The Morgan fingerprint density at radius 3 is 2.63 bits per heavy atom. The minimum absolute atomic E-state index is 0.115. The van der Waals surface area contributed by atoms with E-state index >= 15 is 0 Å².